The van der Waals surface area contributed by atoms with Gasteiger partial charge in [-0.25, -0.2) is 13.1 Å². The summed E-state index contributed by atoms with van der Waals surface area (Å²) in [5, 5.41) is 5.75. The van der Waals surface area contributed by atoms with E-state index in [1.807, 2.05) is 6.92 Å². The van der Waals surface area contributed by atoms with Crippen molar-refractivity contribution in [2.75, 3.05) is 25.4 Å². The molecule has 100 valence electrons. The molecular formula is C10H21N3O3S. The third-order valence-corrected chi connectivity index (χ3v) is 4.32. The fraction of sp³-hybridized carbons (Fsp3) is 0.900. The van der Waals surface area contributed by atoms with Crippen LogP contribution in [0.4, 0.5) is 0 Å². The second kappa shape index (κ2) is 6.32. The maximum atomic E-state index is 11.7. The van der Waals surface area contributed by atoms with Gasteiger partial charge < -0.3 is 10.6 Å². The molecule has 0 bridgehead atoms. The van der Waals surface area contributed by atoms with Crippen molar-refractivity contribution in [1.29, 1.82) is 0 Å². The summed E-state index contributed by atoms with van der Waals surface area (Å²) >= 11 is 0. The van der Waals surface area contributed by atoms with Gasteiger partial charge in [0.05, 0.1) is 11.8 Å². The van der Waals surface area contributed by atoms with Gasteiger partial charge in [0.2, 0.25) is 15.9 Å². The van der Waals surface area contributed by atoms with Crippen LogP contribution in [-0.2, 0) is 14.8 Å². The van der Waals surface area contributed by atoms with E-state index in [-0.39, 0.29) is 24.2 Å². The molecule has 0 radical (unpaired) electrons. The Morgan fingerprint density at radius 1 is 1.47 bits per heavy atom. The largest absolute Gasteiger partial charge is 0.354 e. The van der Waals surface area contributed by atoms with Crippen molar-refractivity contribution >= 4 is 15.9 Å². The van der Waals surface area contributed by atoms with Crippen LogP contribution < -0.4 is 15.4 Å². The minimum Gasteiger partial charge on any atom is -0.354 e. The zero-order valence-electron chi connectivity index (χ0n) is 10.3. The van der Waals surface area contributed by atoms with Crippen molar-refractivity contribution in [2.24, 2.45) is 5.92 Å². The van der Waals surface area contributed by atoms with E-state index in [1.54, 1.807) is 6.92 Å². The summed E-state index contributed by atoms with van der Waals surface area (Å²) in [5.41, 5.74) is 0. The van der Waals surface area contributed by atoms with Gasteiger partial charge in [-0.1, -0.05) is 13.8 Å². The van der Waals surface area contributed by atoms with Crippen molar-refractivity contribution < 1.29 is 13.2 Å². The molecule has 0 aromatic heterocycles. The molecular weight excluding hydrogens is 242 g/mol. The van der Waals surface area contributed by atoms with E-state index in [1.165, 1.54) is 0 Å². The van der Waals surface area contributed by atoms with Crippen LogP contribution in [0.25, 0.3) is 0 Å². The Labute approximate surface area is 103 Å². The molecule has 17 heavy (non-hydrogen) atoms. The molecule has 1 saturated heterocycles. The van der Waals surface area contributed by atoms with Gasteiger partial charge in [0.1, 0.15) is 0 Å². The van der Waals surface area contributed by atoms with E-state index < -0.39 is 10.0 Å². The van der Waals surface area contributed by atoms with Gasteiger partial charge in [-0.05, 0) is 18.9 Å². The minimum atomic E-state index is -3.25. The topological polar surface area (TPSA) is 87.3 Å². The second-order valence-corrected chi connectivity index (χ2v) is 6.23. The highest BCUT2D eigenvalue weighted by atomic mass is 32.2. The third kappa shape index (κ3) is 4.61. The Kier molecular flexibility index (Phi) is 5.35. The second-order valence-electron chi connectivity index (χ2n) is 4.31. The maximum absolute atomic E-state index is 11.7. The zero-order valence-corrected chi connectivity index (χ0v) is 11.1. The molecule has 7 heteroatoms. The molecule has 1 aliphatic rings. The quantitative estimate of drug-likeness (QED) is 0.576. The summed E-state index contributed by atoms with van der Waals surface area (Å²) in [6.45, 7) is 5.10. The third-order valence-electron chi connectivity index (χ3n) is 2.85. The lowest BCUT2D eigenvalue weighted by Crippen LogP contribution is -2.45. The van der Waals surface area contributed by atoms with Crippen molar-refractivity contribution in [3.63, 3.8) is 0 Å². The molecule has 1 amide bonds. The first-order valence-corrected chi connectivity index (χ1v) is 7.60. The number of nitrogens with one attached hydrogen (secondary N) is 3. The molecule has 0 aromatic rings. The predicted molar refractivity (Wildman–Crippen MR) is 66.0 cm³/mol. The van der Waals surface area contributed by atoms with E-state index in [0.717, 1.165) is 13.0 Å². The Morgan fingerprint density at radius 3 is 2.71 bits per heavy atom. The first-order chi connectivity index (χ1) is 7.96. The highest BCUT2D eigenvalue weighted by molar-refractivity contribution is 7.89. The molecule has 1 heterocycles. The molecule has 2 atom stereocenters. The number of carbonyl (C=O) groups is 1. The summed E-state index contributed by atoms with van der Waals surface area (Å²) in [7, 11) is -3.25. The molecule has 1 aliphatic heterocycles. The van der Waals surface area contributed by atoms with Crippen LogP contribution in [0.1, 0.15) is 20.3 Å². The number of carbonyl (C=O) groups excluding carboxylic acids is 1. The molecule has 1 fully saturated rings. The van der Waals surface area contributed by atoms with Crippen LogP contribution in [0.2, 0.25) is 0 Å². The summed E-state index contributed by atoms with van der Waals surface area (Å²) in [5.74, 6) is 0.121. The van der Waals surface area contributed by atoms with Crippen molar-refractivity contribution in [2.45, 2.75) is 26.3 Å². The van der Waals surface area contributed by atoms with E-state index in [0.29, 0.717) is 12.5 Å². The average molecular weight is 263 g/mol. The Hall–Kier alpha value is -0.660. The van der Waals surface area contributed by atoms with Crippen LogP contribution in [0, 0.1) is 5.92 Å². The summed E-state index contributed by atoms with van der Waals surface area (Å²) in [6, 6.07) is -0.183. The van der Waals surface area contributed by atoms with Gasteiger partial charge in [0.25, 0.3) is 0 Å². The summed E-state index contributed by atoms with van der Waals surface area (Å²) < 4.78 is 25.0. The number of sulfonamides is 1. The molecule has 1 rings (SSSR count). The lowest BCUT2D eigenvalue weighted by molar-refractivity contribution is -0.123. The van der Waals surface area contributed by atoms with Crippen LogP contribution in [0.3, 0.4) is 0 Å². The molecule has 0 aromatic carbocycles. The normalized spacial score (nSPS) is 24.8. The molecule has 6 nitrogen and oxygen atoms in total. The predicted octanol–water partition coefficient (Wildman–Crippen LogP) is -0.960. The smallest absolute Gasteiger partial charge is 0.237 e. The highest BCUT2D eigenvalue weighted by Gasteiger charge is 2.28. The zero-order chi connectivity index (χ0) is 12.9. The number of rotatable bonds is 6. The van der Waals surface area contributed by atoms with E-state index in [9.17, 15) is 13.2 Å². The lowest BCUT2D eigenvalue weighted by atomic mass is 10.0. The molecule has 0 saturated carbocycles. The van der Waals surface area contributed by atoms with Crippen LogP contribution >= 0.6 is 0 Å². The summed E-state index contributed by atoms with van der Waals surface area (Å²) in [6.07, 6.45) is 0.980. The van der Waals surface area contributed by atoms with E-state index >= 15 is 0 Å². The number of hydrogen-bond donors (Lipinski definition) is 3. The van der Waals surface area contributed by atoms with Gasteiger partial charge in [-0.3, -0.25) is 4.79 Å². The average Bonchev–Trinajstić information content (AvgIpc) is 2.63. The fourth-order valence-electron chi connectivity index (χ4n) is 1.90. The van der Waals surface area contributed by atoms with Gasteiger partial charge in [0, 0.05) is 13.1 Å². The first-order valence-electron chi connectivity index (χ1n) is 5.94. The standard InChI is InChI=1S/C10H21N3O3S/c1-3-13-17(15,16)7-6-12-10(14)9-8(2)4-5-11-9/h8-9,11,13H,3-7H2,1-2H3,(H,12,14). The van der Waals surface area contributed by atoms with Crippen molar-refractivity contribution in [3.05, 3.63) is 0 Å². The van der Waals surface area contributed by atoms with Crippen LogP contribution in [0.15, 0.2) is 0 Å². The minimum absolute atomic E-state index is 0.0757. The van der Waals surface area contributed by atoms with E-state index in [2.05, 4.69) is 15.4 Å². The lowest BCUT2D eigenvalue weighted by Gasteiger charge is -2.15. The van der Waals surface area contributed by atoms with Gasteiger partial charge in [-0.15, -0.1) is 0 Å². The first kappa shape index (κ1) is 14.4. The highest BCUT2D eigenvalue weighted by Crippen LogP contribution is 2.13. The van der Waals surface area contributed by atoms with Gasteiger partial charge >= 0.3 is 0 Å². The number of amides is 1. The Morgan fingerprint density at radius 2 is 2.18 bits per heavy atom. The summed E-state index contributed by atoms with van der Waals surface area (Å²) in [4.78, 5) is 11.7. The van der Waals surface area contributed by atoms with Crippen molar-refractivity contribution in [3.8, 4) is 0 Å². The van der Waals surface area contributed by atoms with Crippen LogP contribution in [0.5, 0.6) is 0 Å². The molecule has 0 aliphatic carbocycles. The van der Waals surface area contributed by atoms with Gasteiger partial charge in [0.15, 0.2) is 0 Å². The monoisotopic (exact) mass is 263 g/mol. The SMILES string of the molecule is CCNS(=O)(=O)CCNC(=O)C1NCCC1C. The Bertz CT molecular complexity index is 356. The van der Waals surface area contributed by atoms with Crippen molar-refractivity contribution in [1.82, 2.24) is 15.4 Å². The van der Waals surface area contributed by atoms with Gasteiger partial charge in [-0.2, -0.15) is 0 Å². The fourth-order valence-corrected chi connectivity index (χ4v) is 2.85. The molecule has 0 spiro atoms. The van der Waals surface area contributed by atoms with Crippen LogP contribution in [-0.4, -0.2) is 45.8 Å². The molecule has 3 N–H and O–H groups in total. The molecule has 2 unspecified atom stereocenters. The Balaban J connectivity index is 2.29. The maximum Gasteiger partial charge on any atom is 0.237 e. The number of hydrogen-bond acceptors (Lipinski definition) is 4. The van der Waals surface area contributed by atoms with E-state index in [4.69, 9.17) is 0 Å².